The molecule has 1 fully saturated rings. The number of fused-ring (bicyclic) bond motifs is 1. The Morgan fingerprint density at radius 1 is 0.833 bits per heavy atom. The van der Waals surface area contributed by atoms with Gasteiger partial charge >= 0.3 is 0 Å². The molecule has 1 N–H and O–H groups in total. The van der Waals surface area contributed by atoms with Crippen molar-refractivity contribution in [3.05, 3.63) is 84.2 Å². The Bertz CT molecular complexity index is 1120. The first kappa shape index (κ1) is 19.0. The van der Waals surface area contributed by atoms with Gasteiger partial charge in [0.1, 0.15) is 5.65 Å². The van der Waals surface area contributed by atoms with Crippen LogP contribution in [0.5, 0.6) is 0 Å². The average Bonchev–Trinajstić information content (AvgIpc) is 2.95. The summed E-state index contributed by atoms with van der Waals surface area (Å²) >= 11 is 0. The molecule has 0 radical (unpaired) electrons. The van der Waals surface area contributed by atoms with Crippen LogP contribution < -0.4 is 5.32 Å². The molecule has 0 bridgehead atoms. The van der Waals surface area contributed by atoms with Gasteiger partial charge < -0.3 is 9.72 Å². The maximum atomic E-state index is 5.04. The highest BCUT2D eigenvalue weighted by Gasteiger charge is 2.18. The Morgan fingerprint density at radius 2 is 1.60 bits per heavy atom. The highest BCUT2D eigenvalue weighted by Crippen LogP contribution is 2.29. The van der Waals surface area contributed by atoms with Gasteiger partial charge in [0.25, 0.3) is 0 Å². The van der Waals surface area contributed by atoms with Crippen LogP contribution >= 0.6 is 0 Å². The molecule has 30 heavy (non-hydrogen) atoms. The number of aryl methyl sites for hydroxylation is 1. The molecule has 1 aliphatic heterocycles. The molecule has 0 unspecified atom stereocenters. The molecule has 4 nitrogen and oxygen atoms in total. The van der Waals surface area contributed by atoms with E-state index in [1.807, 2.05) is 0 Å². The average molecular weight is 397 g/mol. The topological polar surface area (TPSA) is 32.6 Å². The van der Waals surface area contributed by atoms with Crippen molar-refractivity contribution in [1.29, 1.82) is 0 Å². The van der Waals surface area contributed by atoms with Crippen molar-refractivity contribution >= 4 is 5.65 Å². The molecule has 152 valence electrons. The minimum absolute atomic E-state index is 0.919. The molecule has 0 atom stereocenters. The van der Waals surface area contributed by atoms with Crippen LogP contribution in [0, 0.1) is 6.92 Å². The zero-order valence-corrected chi connectivity index (χ0v) is 17.5. The van der Waals surface area contributed by atoms with Gasteiger partial charge in [-0.1, -0.05) is 60.7 Å². The molecule has 1 aliphatic rings. The molecule has 2 aromatic heterocycles. The number of benzene rings is 2. The van der Waals surface area contributed by atoms with E-state index in [1.54, 1.807) is 0 Å². The number of imidazole rings is 1. The molecule has 3 heterocycles. The zero-order chi connectivity index (χ0) is 20.3. The monoisotopic (exact) mass is 396 g/mol. The molecule has 0 spiro atoms. The van der Waals surface area contributed by atoms with E-state index in [9.17, 15) is 0 Å². The van der Waals surface area contributed by atoms with Gasteiger partial charge in [0.2, 0.25) is 0 Å². The van der Waals surface area contributed by atoms with Crippen molar-refractivity contribution in [3.8, 4) is 22.4 Å². The summed E-state index contributed by atoms with van der Waals surface area (Å²) in [6, 6.07) is 23.6. The van der Waals surface area contributed by atoms with Gasteiger partial charge in [0, 0.05) is 31.4 Å². The Morgan fingerprint density at radius 3 is 2.43 bits per heavy atom. The molecule has 0 saturated carbocycles. The Hall–Kier alpha value is -2.95. The number of pyridine rings is 1. The SMILES string of the molecule is Cc1ccc2nc(-c3ccc(-c4ccccc4)cc3)c(CN3CCCNCC3)n2c1. The summed E-state index contributed by atoms with van der Waals surface area (Å²) in [5, 5.41) is 3.51. The van der Waals surface area contributed by atoms with Crippen molar-refractivity contribution < 1.29 is 0 Å². The van der Waals surface area contributed by atoms with Gasteiger partial charge in [-0.25, -0.2) is 4.98 Å². The first-order valence-electron chi connectivity index (χ1n) is 10.8. The highest BCUT2D eigenvalue weighted by atomic mass is 15.2. The number of nitrogens with one attached hydrogen (secondary N) is 1. The zero-order valence-electron chi connectivity index (χ0n) is 17.5. The summed E-state index contributed by atoms with van der Waals surface area (Å²) in [5.74, 6) is 0. The quantitative estimate of drug-likeness (QED) is 0.539. The minimum Gasteiger partial charge on any atom is -0.315 e. The third kappa shape index (κ3) is 3.89. The van der Waals surface area contributed by atoms with Crippen molar-refractivity contribution in [2.24, 2.45) is 0 Å². The van der Waals surface area contributed by atoms with E-state index in [-0.39, 0.29) is 0 Å². The number of rotatable bonds is 4. The third-order valence-corrected chi connectivity index (χ3v) is 5.94. The van der Waals surface area contributed by atoms with Crippen LogP contribution in [0.3, 0.4) is 0 Å². The Balaban J connectivity index is 1.54. The molecule has 1 saturated heterocycles. The third-order valence-electron chi connectivity index (χ3n) is 5.94. The van der Waals surface area contributed by atoms with E-state index in [2.05, 4.69) is 94.5 Å². The molecule has 2 aromatic carbocycles. The predicted octanol–water partition coefficient (Wildman–Crippen LogP) is 4.77. The predicted molar refractivity (Wildman–Crippen MR) is 124 cm³/mol. The van der Waals surface area contributed by atoms with Crippen LogP contribution in [0.4, 0.5) is 0 Å². The molecule has 0 amide bonds. The first-order valence-corrected chi connectivity index (χ1v) is 10.8. The summed E-state index contributed by atoms with van der Waals surface area (Å²) in [5.41, 5.74) is 8.31. The molecule has 0 aliphatic carbocycles. The first-order chi connectivity index (χ1) is 14.8. The van der Waals surface area contributed by atoms with Gasteiger partial charge in [-0.15, -0.1) is 0 Å². The lowest BCUT2D eigenvalue weighted by Crippen LogP contribution is -2.28. The summed E-state index contributed by atoms with van der Waals surface area (Å²) < 4.78 is 2.29. The van der Waals surface area contributed by atoms with Crippen LogP contribution in [-0.2, 0) is 6.54 Å². The Labute approximate surface area is 178 Å². The fraction of sp³-hybridized carbons (Fsp3) is 0.269. The molecule has 4 heteroatoms. The van der Waals surface area contributed by atoms with Crippen molar-refractivity contribution in [3.63, 3.8) is 0 Å². The maximum Gasteiger partial charge on any atom is 0.137 e. The van der Waals surface area contributed by atoms with E-state index in [1.165, 1.54) is 34.4 Å². The lowest BCUT2D eigenvalue weighted by atomic mass is 10.0. The van der Waals surface area contributed by atoms with E-state index in [0.29, 0.717) is 0 Å². The van der Waals surface area contributed by atoms with Gasteiger partial charge in [-0.3, -0.25) is 4.90 Å². The van der Waals surface area contributed by atoms with Gasteiger partial charge in [0.05, 0.1) is 11.4 Å². The summed E-state index contributed by atoms with van der Waals surface area (Å²) in [6.07, 6.45) is 3.41. The van der Waals surface area contributed by atoms with Crippen molar-refractivity contribution in [2.45, 2.75) is 19.9 Å². The fourth-order valence-electron chi connectivity index (χ4n) is 4.30. The second kappa shape index (κ2) is 8.42. The lowest BCUT2D eigenvalue weighted by Gasteiger charge is -2.20. The largest absolute Gasteiger partial charge is 0.315 e. The van der Waals surface area contributed by atoms with Crippen LogP contribution in [0.2, 0.25) is 0 Å². The van der Waals surface area contributed by atoms with E-state index >= 15 is 0 Å². The Kier molecular flexibility index (Phi) is 5.35. The van der Waals surface area contributed by atoms with Gasteiger partial charge in [-0.2, -0.15) is 0 Å². The van der Waals surface area contributed by atoms with E-state index < -0.39 is 0 Å². The number of nitrogens with zero attached hydrogens (tertiary/aromatic N) is 3. The second-order valence-corrected chi connectivity index (χ2v) is 8.16. The molecule has 4 aromatic rings. The van der Waals surface area contributed by atoms with E-state index in [0.717, 1.165) is 44.1 Å². The second-order valence-electron chi connectivity index (χ2n) is 8.16. The molecule has 5 rings (SSSR count). The number of hydrogen-bond donors (Lipinski definition) is 1. The van der Waals surface area contributed by atoms with E-state index in [4.69, 9.17) is 4.98 Å². The minimum atomic E-state index is 0.919. The van der Waals surface area contributed by atoms with Crippen LogP contribution in [0.1, 0.15) is 17.7 Å². The van der Waals surface area contributed by atoms with Gasteiger partial charge in [-0.05, 0) is 49.2 Å². The van der Waals surface area contributed by atoms with Crippen molar-refractivity contribution in [1.82, 2.24) is 19.6 Å². The number of aromatic nitrogens is 2. The highest BCUT2D eigenvalue weighted by molar-refractivity contribution is 5.71. The lowest BCUT2D eigenvalue weighted by molar-refractivity contribution is 0.281. The summed E-state index contributed by atoms with van der Waals surface area (Å²) in [7, 11) is 0. The van der Waals surface area contributed by atoms with Crippen LogP contribution in [0.25, 0.3) is 28.0 Å². The van der Waals surface area contributed by atoms with Gasteiger partial charge in [0.15, 0.2) is 0 Å². The van der Waals surface area contributed by atoms with Crippen molar-refractivity contribution in [2.75, 3.05) is 26.2 Å². The maximum absolute atomic E-state index is 5.04. The van der Waals surface area contributed by atoms with Crippen LogP contribution in [-0.4, -0.2) is 40.5 Å². The normalized spacial score (nSPS) is 15.4. The number of hydrogen-bond acceptors (Lipinski definition) is 3. The standard InChI is InChI=1S/C26H28N4/c1-20-8-13-25-28-26(23-11-9-22(10-12-23)21-6-3-2-4-7-21)24(30(25)18-20)19-29-16-5-14-27-15-17-29/h2-4,6-13,18,27H,5,14-17,19H2,1H3. The smallest absolute Gasteiger partial charge is 0.137 e. The molecular weight excluding hydrogens is 368 g/mol. The fourth-order valence-corrected chi connectivity index (χ4v) is 4.30. The summed E-state index contributed by atoms with van der Waals surface area (Å²) in [6.45, 7) is 7.42. The summed E-state index contributed by atoms with van der Waals surface area (Å²) in [4.78, 5) is 7.59. The van der Waals surface area contributed by atoms with Crippen LogP contribution in [0.15, 0.2) is 72.9 Å². The molecular formula is C26H28N4.